The van der Waals surface area contributed by atoms with Gasteiger partial charge in [0.1, 0.15) is 12.3 Å². The van der Waals surface area contributed by atoms with Crippen molar-refractivity contribution in [3.63, 3.8) is 0 Å². The third-order valence-corrected chi connectivity index (χ3v) is 7.80. The van der Waals surface area contributed by atoms with E-state index in [1.807, 2.05) is 24.3 Å². The van der Waals surface area contributed by atoms with Gasteiger partial charge in [-0.1, -0.05) is 60.7 Å². The fourth-order valence-electron chi connectivity index (χ4n) is 5.72. The summed E-state index contributed by atoms with van der Waals surface area (Å²) in [4.78, 5) is 26.6. The summed E-state index contributed by atoms with van der Waals surface area (Å²) in [5, 5.41) is 17.2. The zero-order valence-corrected chi connectivity index (χ0v) is 21.0. The average molecular weight is 501 g/mol. The van der Waals surface area contributed by atoms with Crippen molar-refractivity contribution < 1.29 is 28.7 Å². The van der Waals surface area contributed by atoms with Crippen LogP contribution >= 0.6 is 0 Å². The number of piperidine rings is 3. The van der Waals surface area contributed by atoms with Crippen molar-refractivity contribution in [2.24, 2.45) is 5.92 Å². The Morgan fingerprint density at radius 1 is 0.919 bits per heavy atom. The zero-order valence-electron chi connectivity index (χ0n) is 21.0. The molecule has 3 aromatic carbocycles. The summed E-state index contributed by atoms with van der Waals surface area (Å²) in [5.41, 5.74) is -0.739. The number of amides is 1. The second-order valence-electron chi connectivity index (χ2n) is 10.1. The number of carbonyl (C=O) groups excluding carboxylic acids is 2. The van der Waals surface area contributed by atoms with E-state index in [4.69, 9.17) is 9.47 Å². The summed E-state index contributed by atoms with van der Waals surface area (Å²) in [7, 11) is 1.60. The van der Waals surface area contributed by atoms with Crippen LogP contribution in [0.15, 0.2) is 84.9 Å². The van der Waals surface area contributed by atoms with E-state index in [2.05, 4.69) is 5.32 Å². The van der Waals surface area contributed by atoms with Crippen molar-refractivity contribution in [2.75, 3.05) is 38.6 Å². The molecule has 3 aromatic rings. The number of hydrogen-bond donors (Lipinski definition) is 1. The summed E-state index contributed by atoms with van der Waals surface area (Å²) < 4.78 is 11.8. The third kappa shape index (κ3) is 5.10. The van der Waals surface area contributed by atoms with Gasteiger partial charge in [-0.25, -0.2) is 0 Å². The molecule has 3 aliphatic heterocycles. The van der Waals surface area contributed by atoms with Gasteiger partial charge in [0, 0.05) is 30.0 Å². The summed E-state index contributed by atoms with van der Waals surface area (Å²) in [6, 6.07) is 24.6. The first-order chi connectivity index (χ1) is 17.9. The van der Waals surface area contributed by atoms with Gasteiger partial charge in [-0.2, -0.15) is 0 Å². The number of benzene rings is 3. The highest BCUT2D eigenvalue weighted by Gasteiger charge is 2.49. The molecule has 0 aromatic heterocycles. The van der Waals surface area contributed by atoms with E-state index in [1.54, 1.807) is 67.8 Å². The Kier molecular flexibility index (Phi) is 7.00. The van der Waals surface area contributed by atoms with Crippen LogP contribution in [-0.4, -0.2) is 55.8 Å². The van der Waals surface area contributed by atoms with Gasteiger partial charge >= 0.3 is 5.97 Å². The van der Waals surface area contributed by atoms with Crippen LogP contribution in [0.2, 0.25) is 0 Å². The molecule has 0 aliphatic carbocycles. The normalized spacial score (nSPS) is 22.8. The number of rotatable bonds is 8. The Morgan fingerprint density at radius 3 is 2.03 bits per heavy atom. The largest absolute Gasteiger partial charge is 0.834 e. The second-order valence-corrected chi connectivity index (χ2v) is 10.1. The number of quaternary nitrogens is 1. The fourth-order valence-corrected chi connectivity index (χ4v) is 5.72. The number of ether oxygens (including phenoxy) is 2. The van der Waals surface area contributed by atoms with Crippen LogP contribution in [0.5, 0.6) is 5.75 Å². The van der Waals surface area contributed by atoms with Crippen molar-refractivity contribution >= 4 is 17.6 Å². The minimum atomic E-state index is -2.16. The van der Waals surface area contributed by atoms with E-state index in [9.17, 15) is 14.7 Å². The Hall–Kier alpha value is -3.68. The molecule has 3 saturated heterocycles. The van der Waals surface area contributed by atoms with E-state index in [1.165, 1.54) is 0 Å². The summed E-state index contributed by atoms with van der Waals surface area (Å²) >= 11 is 0. The molecular formula is C30H32N2O5. The lowest BCUT2D eigenvalue weighted by atomic mass is 9.82. The van der Waals surface area contributed by atoms with Crippen molar-refractivity contribution in [2.45, 2.75) is 24.5 Å². The van der Waals surface area contributed by atoms with E-state index in [0.29, 0.717) is 34.4 Å². The zero-order chi connectivity index (χ0) is 25.9. The molecule has 0 saturated carbocycles. The summed E-state index contributed by atoms with van der Waals surface area (Å²) in [5.74, 6) is 0.0549. The SMILES string of the molecule is COc1ccc(NC(=O)C[N+]23CCC(CC2)C(OC(=O)C([O-])(c2ccccc2)c2ccccc2)C3)cc1. The highest BCUT2D eigenvalue weighted by atomic mass is 16.6. The van der Waals surface area contributed by atoms with Crippen molar-refractivity contribution in [1.29, 1.82) is 0 Å². The lowest BCUT2D eigenvalue weighted by Gasteiger charge is -2.52. The Bertz CT molecular complexity index is 1180. The van der Waals surface area contributed by atoms with Crippen molar-refractivity contribution in [3.8, 4) is 5.75 Å². The standard InChI is InChI=1S/C30H32N2O5/c1-36-26-14-12-25(13-15-26)31-28(33)21-32-18-16-22(17-19-32)27(20-32)37-29(34)30(35,23-8-4-2-5-9-23)24-10-6-3-7-11-24/h2-15,22,27H,16-21H2,1H3,(H,31,33). The van der Waals surface area contributed by atoms with Crippen LogP contribution in [-0.2, 0) is 19.9 Å². The first-order valence-corrected chi connectivity index (χ1v) is 12.7. The maximum Gasteiger partial charge on any atom is 0.304 e. The number of esters is 1. The average Bonchev–Trinajstić information content (AvgIpc) is 2.94. The molecule has 37 heavy (non-hydrogen) atoms. The van der Waals surface area contributed by atoms with Crippen molar-refractivity contribution in [1.82, 2.24) is 0 Å². The number of anilines is 1. The molecule has 1 N–H and O–H groups in total. The third-order valence-electron chi connectivity index (χ3n) is 7.80. The molecule has 7 heteroatoms. The van der Waals surface area contributed by atoms with Gasteiger partial charge in [0.2, 0.25) is 0 Å². The predicted molar refractivity (Wildman–Crippen MR) is 138 cm³/mol. The van der Waals surface area contributed by atoms with Crippen molar-refractivity contribution in [3.05, 3.63) is 96.1 Å². The lowest BCUT2D eigenvalue weighted by molar-refractivity contribution is -0.939. The molecule has 3 heterocycles. The van der Waals surface area contributed by atoms with Crippen LogP contribution in [0, 0.1) is 5.92 Å². The molecule has 2 bridgehead atoms. The first-order valence-electron chi connectivity index (χ1n) is 12.7. The molecule has 7 nitrogen and oxygen atoms in total. The molecule has 3 aliphatic rings. The minimum Gasteiger partial charge on any atom is -0.834 e. The highest BCUT2D eigenvalue weighted by Crippen LogP contribution is 2.37. The number of nitrogens with zero attached hydrogens (tertiary/aromatic N) is 1. The van der Waals surface area contributed by atoms with Gasteiger partial charge < -0.3 is 24.4 Å². The maximum absolute atomic E-state index is 14.2. The minimum absolute atomic E-state index is 0.0812. The Balaban J connectivity index is 1.31. The second kappa shape index (κ2) is 10.4. The molecule has 192 valence electrons. The fraction of sp³-hybridized carbons (Fsp3) is 0.333. The van der Waals surface area contributed by atoms with Crippen LogP contribution < -0.4 is 15.2 Å². The number of hydrogen-bond acceptors (Lipinski definition) is 5. The quantitative estimate of drug-likeness (QED) is 0.379. The molecule has 0 spiro atoms. The van der Waals surface area contributed by atoms with Gasteiger partial charge in [-0.05, 0) is 35.4 Å². The number of fused-ring (bicyclic) bond motifs is 3. The van der Waals surface area contributed by atoms with Gasteiger partial charge in [-0.15, -0.1) is 0 Å². The maximum atomic E-state index is 14.2. The van der Waals surface area contributed by atoms with Crippen LogP contribution in [0.3, 0.4) is 0 Å². The number of nitrogens with one attached hydrogen (secondary N) is 1. The smallest absolute Gasteiger partial charge is 0.304 e. The van der Waals surface area contributed by atoms with E-state index in [-0.39, 0.29) is 11.8 Å². The van der Waals surface area contributed by atoms with Gasteiger partial charge in [0.05, 0.1) is 20.2 Å². The Morgan fingerprint density at radius 2 is 1.49 bits per heavy atom. The summed E-state index contributed by atoms with van der Waals surface area (Å²) in [6.07, 6.45) is 1.32. The molecule has 6 rings (SSSR count). The van der Waals surface area contributed by atoms with Gasteiger partial charge in [0.25, 0.3) is 5.91 Å². The number of methoxy groups -OCH3 is 1. The lowest BCUT2D eigenvalue weighted by Crippen LogP contribution is -2.67. The molecular weight excluding hydrogens is 468 g/mol. The topological polar surface area (TPSA) is 87.7 Å². The molecule has 3 fully saturated rings. The van der Waals surface area contributed by atoms with Gasteiger partial charge in [0.15, 0.2) is 12.6 Å². The molecule has 1 atom stereocenters. The number of carbonyl (C=O) groups is 2. The summed E-state index contributed by atoms with van der Waals surface area (Å²) in [6.45, 7) is 2.54. The molecule has 0 radical (unpaired) electrons. The predicted octanol–water partition coefficient (Wildman–Crippen LogP) is 3.09. The van der Waals surface area contributed by atoms with Crippen LogP contribution in [0.4, 0.5) is 5.69 Å². The Labute approximate surface area is 217 Å². The highest BCUT2D eigenvalue weighted by molar-refractivity contribution is 5.91. The molecule has 1 amide bonds. The van der Waals surface area contributed by atoms with E-state index >= 15 is 0 Å². The first kappa shape index (κ1) is 25.0. The van der Waals surface area contributed by atoms with Gasteiger partial charge in [-0.3, -0.25) is 9.59 Å². The van der Waals surface area contributed by atoms with Crippen LogP contribution in [0.1, 0.15) is 24.0 Å². The van der Waals surface area contributed by atoms with E-state index < -0.39 is 17.7 Å². The van der Waals surface area contributed by atoms with E-state index in [0.717, 1.165) is 31.7 Å². The van der Waals surface area contributed by atoms with Crippen LogP contribution in [0.25, 0.3) is 0 Å². The molecule has 1 unspecified atom stereocenters. The monoisotopic (exact) mass is 500 g/mol.